The van der Waals surface area contributed by atoms with E-state index in [-0.39, 0.29) is 17.9 Å². The molecule has 0 heterocycles. The van der Waals surface area contributed by atoms with Gasteiger partial charge in [0.25, 0.3) is 5.92 Å². The van der Waals surface area contributed by atoms with Crippen LogP contribution in [0.15, 0.2) is 12.1 Å². The van der Waals surface area contributed by atoms with E-state index in [2.05, 4.69) is 0 Å². The summed E-state index contributed by atoms with van der Waals surface area (Å²) in [5.74, 6) is -2.26. The van der Waals surface area contributed by atoms with Crippen LogP contribution in [-0.4, -0.2) is 14.2 Å². The van der Waals surface area contributed by atoms with Crippen molar-refractivity contribution >= 4 is 0 Å². The summed E-state index contributed by atoms with van der Waals surface area (Å²) in [6.07, 6.45) is 0. The van der Waals surface area contributed by atoms with Crippen LogP contribution in [0.2, 0.25) is 0 Å². The van der Waals surface area contributed by atoms with E-state index >= 15 is 0 Å². The lowest BCUT2D eigenvalue weighted by molar-refractivity contribution is 0.0171. The minimum absolute atomic E-state index is 0.115. The van der Waals surface area contributed by atoms with Gasteiger partial charge < -0.3 is 15.2 Å². The van der Waals surface area contributed by atoms with Crippen molar-refractivity contribution in [3.05, 3.63) is 23.3 Å². The minimum Gasteiger partial charge on any atom is -0.493 e. The lowest BCUT2D eigenvalue weighted by Crippen LogP contribution is -2.10. The predicted octanol–water partition coefficient (Wildman–Crippen LogP) is 2.27. The van der Waals surface area contributed by atoms with Gasteiger partial charge in [-0.1, -0.05) is 0 Å². The van der Waals surface area contributed by atoms with Gasteiger partial charge in [-0.25, -0.2) is 8.78 Å². The summed E-state index contributed by atoms with van der Waals surface area (Å²) >= 11 is 0. The van der Waals surface area contributed by atoms with Gasteiger partial charge in [0.15, 0.2) is 11.5 Å². The molecule has 0 radical (unpaired) electrons. The maximum Gasteiger partial charge on any atom is 0.270 e. The van der Waals surface area contributed by atoms with Gasteiger partial charge in [-0.05, 0) is 12.1 Å². The van der Waals surface area contributed by atoms with Crippen molar-refractivity contribution in [2.24, 2.45) is 5.73 Å². The maximum absolute atomic E-state index is 13.2. The molecular weight excluding hydrogens is 216 g/mol. The topological polar surface area (TPSA) is 44.5 Å². The molecule has 0 atom stereocenters. The minimum atomic E-state index is -2.93. The van der Waals surface area contributed by atoms with Crippen molar-refractivity contribution in [3.63, 3.8) is 0 Å². The van der Waals surface area contributed by atoms with Crippen LogP contribution in [0.1, 0.15) is 18.1 Å². The highest BCUT2D eigenvalue weighted by Gasteiger charge is 2.27. The van der Waals surface area contributed by atoms with Gasteiger partial charge in [-0.3, -0.25) is 0 Å². The standard InChI is InChI=1S/C11H15F2NO2/c1-11(12,13)8-4-7(6-14)10(16-3)9(5-8)15-2/h4-5H,6,14H2,1-3H3. The molecule has 0 aliphatic rings. The van der Waals surface area contributed by atoms with Crippen LogP contribution in [-0.2, 0) is 12.5 Å². The monoisotopic (exact) mass is 231 g/mol. The SMILES string of the molecule is COc1cc(C(C)(F)F)cc(CN)c1OC. The first kappa shape index (κ1) is 12.7. The van der Waals surface area contributed by atoms with Crippen LogP contribution in [0, 0.1) is 0 Å². The average Bonchev–Trinajstić information content (AvgIpc) is 2.25. The predicted molar refractivity (Wildman–Crippen MR) is 57.0 cm³/mol. The molecule has 0 saturated carbocycles. The number of benzene rings is 1. The van der Waals surface area contributed by atoms with Gasteiger partial charge >= 0.3 is 0 Å². The first-order chi connectivity index (χ1) is 7.43. The van der Waals surface area contributed by atoms with Crippen LogP contribution in [0.25, 0.3) is 0 Å². The molecule has 90 valence electrons. The summed E-state index contributed by atoms with van der Waals surface area (Å²) in [6.45, 7) is 0.942. The van der Waals surface area contributed by atoms with Crippen molar-refractivity contribution in [1.29, 1.82) is 0 Å². The smallest absolute Gasteiger partial charge is 0.270 e. The lowest BCUT2D eigenvalue weighted by Gasteiger charge is -2.17. The fraction of sp³-hybridized carbons (Fsp3) is 0.455. The Morgan fingerprint density at radius 1 is 1.25 bits per heavy atom. The zero-order valence-corrected chi connectivity index (χ0v) is 9.51. The van der Waals surface area contributed by atoms with Gasteiger partial charge in [0.05, 0.1) is 14.2 Å². The third-order valence-electron chi connectivity index (χ3n) is 2.28. The van der Waals surface area contributed by atoms with E-state index in [0.717, 1.165) is 6.92 Å². The Morgan fingerprint density at radius 3 is 2.25 bits per heavy atom. The summed E-state index contributed by atoms with van der Waals surface area (Å²) in [6, 6.07) is 2.60. The summed E-state index contributed by atoms with van der Waals surface area (Å²) in [4.78, 5) is 0. The fourth-order valence-corrected chi connectivity index (χ4v) is 1.45. The maximum atomic E-state index is 13.2. The summed E-state index contributed by atoms with van der Waals surface area (Å²) in [5.41, 5.74) is 5.85. The first-order valence-electron chi connectivity index (χ1n) is 4.77. The molecule has 0 saturated heterocycles. The van der Waals surface area contributed by atoms with E-state index < -0.39 is 5.92 Å². The molecule has 0 unspecified atom stereocenters. The second-order valence-corrected chi connectivity index (χ2v) is 3.46. The normalized spacial score (nSPS) is 11.4. The summed E-state index contributed by atoms with van der Waals surface area (Å²) < 4.78 is 36.4. The van der Waals surface area contributed by atoms with Crippen molar-refractivity contribution in [3.8, 4) is 11.5 Å². The van der Waals surface area contributed by atoms with E-state index in [0.29, 0.717) is 11.3 Å². The molecule has 2 N–H and O–H groups in total. The second-order valence-electron chi connectivity index (χ2n) is 3.46. The van der Waals surface area contributed by atoms with Crippen molar-refractivity contribution in [1.82, 2.24) is 0 Å². The molecule has 1 aromatic carbocycles. The van der Waals surface area contributed by atoms with E-state index in [1.54, 1.807) is 0 Å². The third kappa shape index (κ3) is 2.41. The number of nitrogens with two attached hydrogens (primary N) is 1. The third-order valence-corrected chi connectivity index (χ3v) is 2.28. The number of ether oxygens (including phenoxy) is 2. The second kappa shape index (κ2) is 4.65. The first-order valence-corrected chi connectivity index (χ1v) is 4.77. The number of hydrogen-bond donors (Lipinski definition) is 1. The Morgan fingerprint density at radius 2 is 1.88 bits per heavy atom. The van der Waals surface area contributed by atoms with Gasteiger partial charge in [-0.2, -0.15) is 0 Å². The Bertz CT molecular complexity index is 350. The van der Waals surface area contributed by atoms with Crippen molar-refractivity contribution in [2.45, 2.75) is 19.4 Å². The van der Waals surface area contributed by atoms with Crippen LogP contribution in [0.4, 0.5) is 8.78 Å². The lowest BCUT2D eigenvalue weighted by atomic mass is 10.0. The summed E-state index contributed by atoms with van der Waals surface area (Å²) in [7, 11) is 2.84. The highest BCUT2D eigenvalue weighted by Crippen LogP contribution is 2.37. The molecule has 5 heteroatoms. The van der Waals surface area contributed by atoms with Crippen LogP contribution in [0.5, 0.6) is 11.5 Å². The molecule has 0 aliphatic carbocycles. The number of hydrogen-bond acceptors (Lipinski definition) is 3. The molecule has 0 aliphatic heterocycles. The Labute approximate surface area is 93.2 Å². The molecule has 0 aromatic heterocycles. The largest absolute Gasteiger partial charge is 0.493 e. The molecule has 1 aromatic rings. The van der Waals surface area contributed by atoms with E-state index in [1.165, 1.54) is 26.4 Å². The van der Waals surface area contributed by atoms with Crippen LogP contribution >= 0.6 is 0 Å². The number of rotatable bonds is 4. The zero-order valence-electron chi connectivity index (χ0n) is 9.51. The summed E-state index contributed by atoms with van der Waals surface area (Å²) in [5, 5.41) is 0. The van der Waals surface area contributed by atoms with Gasteiger partial charge in [0, 0.05) is 24.6 Å². The Balaban J connectivity index is 3.37. The average molecular weight is 231 g/mol. The molecule has 0 spiro atoms. The molecular formula is C11H15F2NO2. The van der Waals surface area contributed by atoms with E-state index in [1.807, 2.05) is 0 Å². The van der Waals surface area contributed by atoms with Gasteiger partial charge in [-0.15, -0.1) is 0 Å². The van der Waals surface area contributed by atoms with Crippen molar-refractivity contribution < 1.29 is 18.3 Å². The number of methoxy groups -OCH3 is 2. The zero-order chi connectivity index (χ0) is 12.3. The van der Waals surface area contributed by atoms with Crippen LogP contribution in [0.3, 0.4) is 0 Å². The highest BCUT2D eigenvalue weighted by atomic mass is 19.3. The quantitative estimate of drug-likeness (QED) is 0.864. The molecule has 0 amide bonds. The molecule has 0 bridgehead atoms. The number of alkyl halides is 2. The Hall–Kier alpha value is -1.36. The van der Waals surface area contributed by atoms with E-state index in [9.17, 15) is 8.78 Å². The van der Waals surface area contributed by atoms with Gasteiger partial charge in [0.1, 0.15) is 0 Å². The molecule has 0 fully saturated rings. The molecule has 16 heavy (non-hydrogen) atoms. The molecule has 3 nitrogen and oxygen atoms in total. The number of halogens is 2. The van der Waals surface area contributed by atoms with E-state index in [4.69, 9.17) is 15.2 Å². The van der Waals surface area contributed by atoms with Crippen molar-refractivity contribution in [2.75, 3.05) is 14.2 Å². The van der Waals surface area contributed by atoms with Crippen LogP contribution < -0.4 is 15.2 Å². The highest BCUT2D eigenvalue weighted by molar-refractivity contribution is 5.50. The Kier molecular flexibility index (Phi) is 3.70. The fourth-order valence-electron chi connectivity index (χ4n) is 1.45. The van der Waals surface area contributed by atoms with Gasteiger partial charge in [0.2, 0.25) is 0 Å². The molecule has 1 rings (SSSR count).